The molecule has 2 fully saturated rings. The highest BCUT2D eigenvalue weighted by Gasteiger charge is 2.22. The number of anilines is 1. The minimum atomic E-state index is -0.0482. The van der Waals surface area contributed by atoms with E-state index < -0.39 is 0 Å². The van der Waals surface area contributed by atoms with E-state index >= 15 is 0 Å². The summed E-state index contributed by atoms with van der Waals surface area (Å²) in [6.07, 6.45) is 3.62. The summed E-state index contributed by atoms with van der Waals surface area (Å²) < 4.78 is 11.1. The van der Waals surface area contributed by atoms with E-state index in [2.05, 4.69) is 5.32 Å². The van der Waals surface area contributed by atoms with Crippen molar-refractivity contribution in [3.8, 4) is 0 Å². The number of nitrogens with one attached hydrogen (secondary N) is 1. The summed E-state index contributed by atoms with van der Waals surface area (Å²) in [5.41, 5.74) is 1.33. The molecule has 1 aromatic rings. The van der Waals surface area contributed by atoms with E-state index in [0.29, 0.717) is 37.4 Å². The van der Waals surface area contributed by atoms with Crippen LogP contribution in [0.2, 0.25) is 0 Å². The highest BCUT2D eigenvalue weighted by Crippen LogP contribution is 2.18. The molecule has 0 aliphatic carbocycles. The Morgan fingerprint density at radius 2 is 1.96 bits per heavy atom. The molecule has 25 heavy (non-hydrogen) atoms. The first kappa shape index (κ1) is 17.9. The number of ether oxygens (including phenoxy) is 2. The number of carbonyl (C=O) groups excluding carboxylic acids is 2. The predicted octanol–water partition coefficient (Wildman–Crippen LogP) is 2.45. The smallest absolute Gasteiger partial charge is 0.254 e. The number of rotatable bonds is 4. The molecule has 0 aromatic heterocycles. The van der Waals surface area contributed by atoms with Crippen molar-refractivity contribution >= 4 is 17.5 Å². The fourth-order valence-electron chi connectivity index (χ4n) is 3.27. The molecule has 0 radical (unpaired) electrons. The molecule has 136 valence electrons. The third-order valence-corrected chi connectivity index (χ3v) is 4.63. The van der Waals surface area contributed by atoms with E-state index in [4.69, 9.17) is 9.47 Å². The molecule has 0 spiro atoms. The average molecular weight is 346 g/mol. The second-order valence-electron chi connectivity index (χ2n) is 6.75. The van der Waals surface area contributed by atoms with Gasteiger partial charge in [0.15, 0.2) is 0 Å². The SMILES string of the molecule is CC1CN(C(=O)c2ccc(NC(=O)CC3CCCCO3)cc2)CCO1. The Morgan fingerprint density at radius 1 is 1.16 bits per heavy atom. The first-order valence-electron chi connectivity index (χ1n) is 9.04. The Labute approximate surface area is 148 Å². The summed E-state index contributed by atoms with van der Waals surface area (Å²) in [4.78, 5) is 26.4. The second kappa shape index (κ2) is 8.45. The van der Waals surface area contributed by atoms with Gasteiger partial charge in [-0.05, 0) is 50.5 Å². The normalized spacial score (nSPS) is 24.0. The van der Waals surface area contributed by atoms with Crippen LogP contribution in [0.4, 0.5) is 5.69 Å². The molecule has 2 aliphatic rings. The van der Waals surface area contributed by atoms with Crippen LogP contribution in [0, 0.1) is 0 Å². The Hall–Kier alpha value is -1.92. The van der Waals surface area contributed by atoms with Crippen molar-refractivity contribution in [3.63, 3.8) is 0 Å². The van der Waals surface area contributed by atoms with Crippen LogP contribution in [0.1, 0.15) is 43.0 Å². The zero-order valence-corrected chi connectivity index (χ0v) is 14.7. The van der Waals surface area contributed by atoms with Crippen LogP contribution in [0.3, 0.4) is 0 Å². The minimum Gasteiger partial charge on any atom is -0.378 e. The van der Waals surface area contributed by atoms with Gasteiger partial charge in [-0.2, -0.15) is 0 Å². The zero-order valence-electron chi connectivity index (χ0n) is 14.7. The fourth-order valence-corrected chi connectivity index (χ4v) is 3.27. The van der Waals surface area contributed by atoms with Gasteiger partial charge in [0.25, 0.3) is 5.91 Å². The number of carbonyl (C=O) groups is 2. The number of amides is 2. The number of hydrogen-bond acceptors (Lipinski definition) is 4. The van der Waals surface area contributed by atoms with Gasteiger partial charge in [-0.1, -0.05) is 0 Å². The lowest BCUT2D eigenvalue weighted by atomic mass is 10.1. The van der Waals surface area contributed by atoms with E-state index in [-0.39, 0.29) is 24.0 Å². The quantitative estimate of drug-likeness (QED) is 0.909. The lowest BCUT2D eigenvalue weighted by Gasteiger charge is -2.31. The fraction of sp³-hybridized carbons (Fsp3) is 0.579. The monoisotopic (exact) mass is 346 g/mol. The summed E-state index contributed by atoms with van der Waals surface area (Å²) in [6, 6.07) is 7.07. The number of benzene rings is 1. The van der Waals surface area contributed by atoms with Crippen LogP contribution in [-0.2, 0) is 14.3 Å². The average Bonchev–Trinajstić information content (AvgIpc) is 2.62. The molecule has 6 nitrogen and oxygen atoms in total. The van der Waals surface area contributed by atoms with Gasteiger partial charge >= 0.3 is 0 Å². The van der Waals surface area contributed by atoms with E-state index in [1.807, 2.05) is 11.8 Å². The van der Waals surface area contributed by atoms with E-state index in [9.17, 15) is 9.59 Å². The van der Waals surface area contributed by atoms with Gasteiger partial charge < -0.3 is 19.7 Å². The first-order valence-corrected chi connectivity index (χ1v) is 9.04. The lowest BCUT2D eigenvalue weighted by Crippen LogP contribution is -2.44. The third-order valence-electron chi connectivity index (χ3n) is 4.63. The van der Waals surface area contributed by atoms with Gasteiger partial charge in [-0.3, -0.25) is 9.59 Å². The van der Waals surface area contributed by atoms with Gasteiger partial charge in [0.1, 0.15) is 0 Å². The predicted molar refractivity (Wildman–Crippen MR) is 94.6 cm³/mol. The summed E-state index contributed by atoms with van der Waals surface area (Å²) in [7, 11) is 0. The molecule has 2 unspecified atom stereocenters. The molecule has 1 N–H and O–H groups in total. The molecular formula is C19H26N2O4. The van der Waals surface area contributed by atoms with Crippen LogP contribution < -0.4 is 5.32 Å². The summed E-state index contributed by atoms with van der Waals surface area (Å²) in [5, 5.41) is 2.88. The number of morpholine rings is 1. The second-order valence-corrected chi connectivity index (χ2v) is 6.75. The molecule has 1 aromatic carbocycles. The van der Waals surface area contributed by atoms with Crippen LogP contribution in [0.5, 0.6) is 0 Å². The summed E-state index contributed by atoms with van der Waals surface area (Å²) >= 11 is 0. The topological polar surface area (TPSA) is 67.9 Å². The highest BCUT2D eigenvalue weighted by atomic mass is 16.5. The van der Waals surface area contributed by atoms with Crippen LogP contribution in [0.25, 0.3) is 0 Å². The molecule has 2 atom stereocenters. The van der Waals surface area contributed by atoms with Crippen molar-refractivity contribution < 1.29 is 19.1 Å². The van der Waals surface area contributed by atoms with Crippen molar-refractivity contribution in [2.75, 3.05) is 31.6 Å². The van der Waals surface area contributed by atoms with E-state index in [1.54, 1.807) is 24.3 Å². The highest BCUT2D eigenvalue weighted by molar-refractivity contribution is 5.96. The maximum absolute atomic E-state index is 12.5. The maximum atomic E-state index is 12.5. The Balaban J connectivity index is 1.52. The van der Waals surface area contributed by atoms with Crippen molar-refractivity contribution in [3.05, 3.63) is 29.8 Å². The number of hydrogen-bond donors (Lipinski definition) is 1. The molecule has 2 heterocycles. The lowest BCUT2D eigenvalue weighted by molar-refractivity contribution is -0.119. The van der Waals surface area contributed by atoms with Crippen molar-refractivity contribution in [2.24, 2.45) is 0 Å². The number of nitrogens with zero attached hydrogens (tertiary/aromatic N) is 1. The van der Waals surface area contributed by atoms with Crippen LogP contribution in [-0.4, -0.2) is 55.2 Å². The van der Waals surface area contributed by atoms with Gasteiger partial charge in [0, 0.05) is 30.9 Å². The molecule has 3 rings (SSSR count). The minimum absolute atomic E-state index is 0.00336. The molecule has 0 bridgehead atoms. The van der Waals surface area contributed by atoms with Gasteiger partial charge in [-0.15, -0.1) is 0 Å². The summed E-state index contributed by atoms with van der Waals surface area (Å²) in [6.45, 7) is 4.51. The van der Waals surface area contributed by atoms with E-state index in [1.165, 1.54) is 0 Å². The maximum Gasteiger partial charge on any atom is 0.254 e. The molecule has 2 amide bonds. The van der Waals surface area contributed by atoms with Gasteiger partial charge in [0.05, 0.1) is 25.2 Å². The van der Waals surface area contributed by atoms with Gasteiger partial charge in [-0.25, -0.2) is 0 Å². The van der Waals surface area contributed by atoms with Crippen LogP contribution >= 0.6 is 0 Å². The Morgan fingerprint density at radius 3 is 2.64 bits per heavy atom. The van der Waals surface area contributed by atoms with Crippen LogP contribution in [0.15, 0.2) is 24.3 Å². The zero-order chi connectivity index (χ0) is 17.6. The third kappa shape index (κ3) is 5.03. The molecule has 2 aliphatic heterocycles. The van der Waals surface area contributed by atoms with Crippen molar-refractivity contribution in [1.82, 2.24) is 4.90 Å². The molecule has 0 saturated carbocycles. The van der Waals surface area contributed by atoms with Gasteiger partial charge in [0.2, 0.25) is 5.91 Å². The Kier molecular flexibility index (Phi) is 6.04. The first-order chi connectivity index (χ1) is 12.1. The van der Waals surface area contributed by atoms with Crippen molar-refractivity contribution in [2.45, 2.75) is 44.8 Å². The summed E-state index contributed by atoms with van der Waals surface area (Å²) in [5.74, 6) is -0.0448. The largest absolute Gasteiger partial charge is 0.378 e. The standard InChI is InChI=1S/C19H26N2O4/c1-14-13-21(9-11-24-14)19(23)15-5-7-16(8-6-15)20-18(22)12-17-4-2-3-10-25-17/h5-8,14,17H,2-4,9-13H2,1H3,(H,20,22). The molecule has 6 heteroatoms. The molecular weight excluding hydrogens is 320 g/mol. The molecule has 2 saturated heterocycles. The Bertz CT molecular complexity index is 596. The van der Waals surface area contributed by atoms with Crippen molar-refractivity contribution in [1.29, 1.82) is 0 Å². The van der Waals surface area contributed by atoms with E-state index in [0.717, 1.165) is 25.9 Å².